The summed E-state index contributed by atoms with van der Waals surface area (Å²) in [6.45, 7) is 8.92. The molecule has 2 atom stereocenters. The first-order valence-corrected chi connectivity index (χ1v) is 9.63. The molecule has 0 spiro atoms. The van der Waals surface area contributed by atoms with Crippen molar-refractivity contribution in [2.45, 2.75) is 39.7 Å². The van der Waals surface area contributed by atoms with Gasteiger partial charge in [0.1, 0.15) is 19.0 Å². The quantitative estimate of drug-likeness (QED) is 0.821. The van der Waals surface area contributed by atoms with Gasteiger partial charge in [0.05, 0.1) is 17.1 Å². The Bertz CT molecular complexity index is 842. The van der Waals surface area contributed by atoms with E-state index in [9.17, 15) is 4.39 Å². The molecule has 1 saturated heterocycles. The molecule has 0 amide bonds. The summed E-state index contributed by atoms with van der Waals surface area (Å²) in [6, 6.07) is 3.26. The summed E-state index contributed by atoms with van der Waals surface area (Å²) in [5.74, 6) is 1.44. The smallest absolute Gasteiger partial charge is 0.164 e. The normalized spacial score (nSPS) is 20.7. The van der Waals surface area contributed by atoms with Gasteiger partial charge in [0, 0.05) is 30.4 Å². The third-order valence-electron chi connectivity index (χ3n) is 5.63. The second-order valence-electron chi connectivity index (χ2n) is 7.59. The molecule has 2 aliphatic rings. The van der Waals surface area contributed by atoms with Gasteiger partial charge in [-0.3, -0.25) is 14.9 Å². The summed E-state index contributed by atoms with van der Waals surface area (Å²) in [6.07, 6.45) is 3.85. The molecule has 2 aromatic rings. The first-order chi connectivity index (χ1) is 13.0. The van der Waals surface area contributed by atoms with Crippen molar-refractivity contribution in [1.82, 2.24) is 14.9 Å². The Kier molecular flexibility index (Phi) is 5.00. The third kappa shape index (κ3) is 3.76. The molecule has 4 rings (SSSR count). The van der Waals surface area contributed by atoms with E-state index in [1.54, 1.807) is 6.07 Å². The average molecular weight is 371 g/mol. The lowest BCUT2D eigenvalue weighted by Crippen LogP contribution is -2.26. The van der Waals surface area contributed by atoms with Crippen LogP contribution in [-0.2, 0) is 6.42 Å². The molecular weight excluding hydrogens is 345 g/mol. The molecule has 1 fully saturated rings. The van der Waals surface area contributed by atoms with E-state index in [0.29, 0.717) is 36.2 Å². The molecule has 1 aromatic carbocycles. The van der Waals surface area contributed by atoms with Crippen LogP contribution in [0.15, 0.2) is 18.3 Å². The van der Waals surface area contributed by atoms with E-state index in [1.165, 1.54) is 6.07 Å². The molecule has 5 nitrogen and oxygen atoms in total. The molecule has 6 heteroatoms. The van der Waals surface area contributed by atoms with Crippen molar-refractivity contribution in [2.75, 3.05) is 26.3 Å². The maximum atomic E-state index is 14.6. The predicted octanol–water partition coefficient (Wildman–Crippen LogP) is 3.63. The van der Waals surface area contributed by atoms with E-state index in [-0.39, 0.29) is 11.9 Å². The van der Waals surface area contributed by atoms with Crippen molar-refractivity contribution in [3.8, 4) is 11.5 Å². The highest BCUT2D eigenvalue weighted by Crippen LogP contribution is 2.37. The van der Waals surface area contributed by atoms with Gasteiger partial charge in [-0.2, -0.15) is 0 Å². The van der Waals surface area contributed by atoms with Crippen LogP contribution in [0.5, 0.6) is 11.5 Å². The Hall–Kier alpha value is -2.21. The molecule has 3 heterocycles. The first-order valence-electron chi connectivity index (χ1n) is 9.63. The summed E-state index contributed by atoms with van der Waals surface area (Å²) in [5, 5.41) is 0. The molecule has 27 heavy (non-hydrogen) atoms. The zero-order valence-corrected chi connectivity index (χ0v) is 16.2. The summed E-state index contributed by atoms with van der Waals surface area (Å²) in [5.41, 5.74) is 3.71. The fraction of sp³-hybridized carbons (Fsp3) is 0.524. The number of benzene rings is 1. The minimum Gasteiger partial charge on any atom is -0.486 e. The highest BCUT2D eigenvalue weighted by Gasteiger charge is 2.30. The summed E-state index contributed by atoms with van der Waals surface area (Å²) < 4.78 is 25.7. The van der Waals surface area contributed by atoms with Gasteiger partial charge < -0.3 is 9.47 Å². The van der Waals surface area contributed by atoms with Gasteiger partial charge in [0.25, 0.3) is 0 Å². The van der Waals surface area contributed by atoms with Gasteiger partial charge in [0.15, 0.2) is 11.5 Å². The summed E-state index contributed by atoms with van der Waals surface area (Å²) >= 11 is 0. The number of halogens is 1. The SMILES string of the molecule is Cc1cnc(CC2CCN(C(C)c3cc4c(cc3F)OCCO4)C2)c(C)n1. The van der Waals surface area contributed by atoms with Crippen LogP contribution in [0.2, 0.25) is 0 Å². The van der Waals surface area contributed by atoms with Gasteiger partial charge in [0.2, 0.25) is 0 Å². The van der Waals surface area contributed by atoms with Crippen LogP contribution in [0, 0.1) is 25.6 Å². The molecular formula is C21H26FN3O2. The van der Waals surface area contributed by atoms with Gasteiger partial charge >= 0.3 is 0 Å². The van der Waals surface area contributed by atoms with E-state index in [4.69, 9.17) is 9.47 Å². The van der Waals surface area contributed by atoms with Crippen LogP contribution in [0.1, 0.15) is 42.0 Å². The highest BCUT2D eigenvalue weighted by molar-refractivity contribution is 5.45. The van der Waals surface area contributed by atoms with E-state index in [0.717, 1.165) is 43.0 Å². The fourth-order valence-electron chi connectivity index (χ4n) is 4.07. The second-order valence-corrected chi connectivity index (χ2v) is 7.59. The molecule has 2 aliphatic heterocycles. The van der Waals surface area contributed by atoms with Crippen LogP contribution in [0.3, 0.4) is 0 Å². The maximum absolute atomic E-state index is 14.6. The Morgan fingerprint density at radius 1 is 1.22 bits per heavy atom. The van der Waals surface area contributed by atoms with E-state index >= 15 is 0 Å². The number of nitrogens with zero attached hydrogens (tertiary/aromatic N) is 3. The van der Waals surface area contributed by atoms with E-state index in [1.807, 2.05) is 20.0 Å². The number of hydrogen-bond acceptors (Lipinski definition) is 5. The molecule has 0 aliphatic carbocycles. The van der Waals surface area contributed by atoms with Gasteiger partial charge in [-0.25, -0.2) is 4.39 Å². The zero-order chi connectivity index (χ0) is 19.0. The number of fused-ring (bicyclic) bond motifs is 1. The van der Waals surface area contributed by atoms with Crippen LogP contribution in [-0.4, -0.2) is 41.2 Å². The van der Waals surface area contributed by atoms with Crippen molar-refractivity contribution in [3.63, 3.8) is 0 Å². The molecule has 0 radical (unpaired) electrons. The minimum atomic E-state index is -0.226. The number of likely N-dealkylation sites (tertiary alicyclic amines) is 1. The number of ether oxygens (including phenoxy) is 2. The van der Waals surface area contributed by atoms with Gasteiger partial charge in [-0.05, 0) is 52.1 Å². The average Bonchev–Trinajstić information content (AvgIpc) is 3.11. The number of hydrogen-bond donors (Lipinski definition) is 0. The lowest BCUT2D eigenvalue weighted by molar-refractivity contribution is 0.169. The number of aryl methyl sites for hydroxylation is 2. The summed E-state index contributed by atoms with van der Waals surface area (Å²) in [7, 11) is 0. The Morgan fingerprint density at radius 3 is 2.70 bits per heavy atom. The Morgan fingerprint density at radius 2 is 1.96 bits per heavy atom. The predicted molar refractivity (Wildman–Crippen MR) is 101 cm³/mol. The summed E-state index contributed by atoms with van der Waals surface area (Å²) in [4.78, 5) is 11.4. The fourth-order valence-corrected chi connectivity index (χ4v) is 4.07. The van der Waals surface area contributed by atoms with E-state index in [2.05, 4.69) is 21.8 Å². The minimum absolute atomic E-state index is 0.00368. The maximum Gasteiger partial charge on any atom is 0.164 e. The van der Waals surface area contributed by atoms with Crippen molar-refractivity contribution < 1.29 is 13.9 Å². The first kappa shape index (κ1) is 18.2. The van der Waals surface area contributed by atoms with Crippen LogP contribution in [0.25, 0.3) is 0 Å². The Balaban J connectivity index is 1.45. The molecule has 0 saturated carbocycles. The lowest BCUT2D eigenvalue weighted by atomic mass is 10.0. The monoisotopic (exact) mass is 371 g/mol. The van der Waals surface area contributed by atoms with Gasteiger partial charge in [-0.15, -0.1) is 0 Å². The Labute approximate surface area is 159 Å². The van der Waals surface area contributed by atoms with Crippen LogP contribution >= 0.6 is 0 Å². The second kappa shape index (κ2) is 7.43. The molecule has 0 bridgehead atoms. The highest BCUT2D eigenvalue weighted by atomic mass is 19.1. The van der Waals surface area contributed by atoms with Crippen molar-refractivity contribution in [1.29, 1.82) is 0 Å². The van der Waals surface area contributed by atoms with E-state index < -0.39 is 0 Å². The number of aromatic nitrogens is 2. The molecule has 144 valence electrons. The standard InChI is InChI=1S/C21H26FN3O2/c1-13-11-23-19(14(2)24-13)8-16-4-5-25(12-16)15(3)17-9-20-21(10-18(17)22)27-7-6-26-20/h9-11,15-16H,4-8,12H2,1-3H3. The van der Waals surface area contributed by atoms with Crippen molar-refractivity contribution >= 4 is 0 Å². The van der Waals surface area contributed by atoms with Crippen LogP contribution < -0.4 is 9.47 Å². The molecule has 2 unspecified atom stereocenters. The number of rotatable bonds is 4. The van der Waals surface area contributed by atoms with Crippen LogP contribution in [0.4, 0.5) is 4.39 Å². The largest absolute Gasteiger partial charge is 0.486 e. The molecule has 1 aromatic heterocycles. The van der Waals surface area contributed by atoms with Gasteiger partial charge in [-0.1, -0.05) is 0 Å². The third-order valence-corrected chi connectivity index (χ3v) is 5.63. The van der Waals surface area contributed by atoms with Crippen molar-refractivity contribution in [2.24, 2.45) is 5.92 Å². The topological polar surface area (TPSA) is 47.5 Å². The zero-order valence-electron chi connectivity index (χ0n) is 16.2. The van der Waals surface area contributed by atoms with Crippen molar-refractivity contribution in [3.05, 3.63) is 46.8 Å². The lowest BCUT2D eigenvalue weighted by Gasteiger charge is -2.27. The molecule has 0 N–H and O–H groups in total.